The van der Waals surface area contributed by atoms with Gasteiger partial charge in [-0.05, 0) is 97.4 Å². The van der Waals surface area contributed by atoms with Crippen LogP contribution in [0.15, 0.2) is 77.6 Å². The molecule has 0 radical (unpaired) electrons. The molecule has 1 saturated heterocycles. The third-order valence-electron chi connectivity index (χ3n) is 12.4. The lowest BCUT2D eigenvalue weighted by atomic mass is 9.85. The van der Waals surface area contributed by atoms with E-state index in [1.54, 1.807) is 41.8 Å². The number of β-amino-alcohol motifs (C(OH)–C–C–N with tert-alkyl or cyclic N) is 1. The molecule has 0 spiro atoms. The summed E-state index contributed by atoms with van der Waals surface area (Å²) >= 11 is 3.34. The smallest absolute Gasteiger partial charge is 0.243 e. The number of hydrogen-bond donors (Lipinski definition) is 5. The van der Waals surface area contributed by atoms with Crippen LogP contribution in [0.1, 0.15) is 93.4 Å². The number of benzene rings is 3. The second-order valence-electron chi connectivity index (χ2n) is 18.5. The van der Waals surface area contributed by atoms with Crippen molar-refractivity contribution in [3.8, 4) is 33.1 Å². The number of anilines is 1. The normalized spacial score (nSPS) is 16.0. The second kappa shape index (κ2) is 22.6. The number of carbonyl (C=O) groups is 2. The zero-order valence-corrected chi connectivity index (χ0v) is 41.7. The minimum atomic E-state index is -0.746. The molecule has 67 heavy (non-hydrogen) atoms. The van der Waals surface area contributed by atoms with E-state index in [4.69, 9.17) is 14.5 Å². The predicted molar refractivity (Wildman–Crippen MR) is 271 cm³/mol. The Balaban J connectivity index is 0.845. The van der Waals surface area contributed by atoms with Crippen molar-refractivity contribution in [2.45, 2.75) is 111 Å². The Morgan fingerprint density at radius 3 is 2.34 bits per heavy atom. The van der Waals surface area contributed by atoms with Crippen LogP contribution in [0.3, 0.4) is 0 Å². The number of hydrogen-bond acceptors (Lipinski definition) is 13. The van der Waals surface area contributed by atoms with E-state index in [0.717, 1.165) is 77.2 Å². The van der Waals surface area contributed by atoms with Gasteiger partial charge in [0.05, 0.1) is 54.0 Å². The zero-order chi connectivity index (χ0) is 47.7. The number of thiophene rings is 1. The Morgan fingerprint density at radius 1 is 0.896 bits per heavy atom. The summed E-state index contributed by atoms with van der Waals surface area (Å²) < 4.78 is 11.1. The number of nitrogens with zero attached hydrogens (tertiary/aromatic N) is 4. The van der Waals surface area contributed by atoms with Gasteiger partial charge in [-0.15, -0.1) is 22.7 Å². The fraction of sp³-hybridized carbons (Fsp3) is 0.442. The molecular weight excluding hydrogens is 881 g/mol. The Kier molecular flexibility index (Phi) is 16.7. The van der Waals surface area contributed by atoms with E-state index in [-0.39, 0.29) is 36.2 Å². The van der Waals surface area contributed by atoms with Crippen LogP contribution < -0.4 is 30.7 Å². The maximum atomic E-state index is 14.1. The molecule has 5 N–H and O–H groups in total. The Bertz CT molecular complexity index is 2610. The molecule has 0 saturated carbocycles. The maximum absolute atomic E-state index is 14.1. The van der Waals surface area contributed by atoms with Gasteiger partial charge < -0.3 is 40.7 Å². The topological polar surface area (TPSA) is 163 Å². The fourth-order valence-electron chi connectivity index (χ4n) is 8.73. The number of methoxy groups -OCH3 is 2. The minimum absolute atomic E-state index is 0.00903. The lowest BCUT2D eigenvalue weighted by molar-refractivity contribution is -0.142. The van der Waals surface area contributed by atoms with Gasteiger partial charge in [0.25, 0.3) is 0 Å². The van der Waals surface area contributed by atoms with E-state index in [0.29, 0.717) is 30.4 Å². The summed E-state index contributed by atoms with van der Waals surface area (Å²) in [6.07, 6.45) is 3.55. The molecule has 356 valence electrons. The van der Waals surface area contributed by atoms with Crippen molar-refractivity contribution in [3.05, 3.63) is 105 Å². The highest BCUT2D eigenvalue weighted by molar-refractivity contribution is 7.13. The number of ether oxygens (including phenoxy) is 2. The van der Waals surface area contributed by atoms with Crippen molar-refractivity contribution in [1.82, 2.24) is 35.8 Å². The third-order valence-corrected chi connectivity index (χ3v) is 14.5. The molecule has 15 heteroatoms. The van der Waals surface area contributed by atoms with Gasteiger partial charge in [0.15, 0.2) is 11.5 Å². The number of aliphatic hydroxyl groups excluding tert-OH is 1. The van der Waals surface area contributed by atoms with Gasteiger partial charge in [0, 0.05) is 42.4 Å². The van der Waals surface area contributed by atoms with Gasteiger partial charge in [-0.1, -0.05) is 82.1 Å². The van der Waals surface area contributed by atoms with E-state index in [1.165, 1.54) is 21.6 Å². The number of aromatic nitrogens is 3. The third kappa shape index (κ3) is 12.4. The molecule has 4 heterocycles. The van der Waals surface area contributed by atoms with Gasteiger partial charge in [0.1, 0.15) is 17.7 Å². The largest absolute Gasteiger partial charge is 0.493 e. The summed E-state index contributed by atoms with van der Waals surface area (Å²) in [5, 5.41) is 27.6. The van der Waals surface area contributed by atoms with Crippen LogP contribution in [0.25, 0.3) is 32.5 Å². The number of unbranched alkanes of at least 4 members (excludes halogenated alkanes) is 3. The number of thiazole rings is 1. The van der Waals surface area contributed by atoms with Crippen molar-refractivity contribution >= 4 is 51.2 Å². The van der Waals surface area contributed by atoms with Crippen LogP contribution in [-0.2, 0) is 22.7 Å². The SMILES string of the molecule is COc1cc2nc(C)nc(N[C@H](C)c3cc(-c4ccccc4CNCCCCCCN[C@H](C(=O)N4C[C@H](O)C[C@H]4C(=O)NCc4ccc(-c5scnc5C)cc4)C(C)(C)C)cs3)c2cc1OC. The molecule has 1 aliphatic rings. The molecule has 4 atom stereocenters. The van der Waals surface area contributed by atoms with Crippen molar-refractivity contribution < 1.29 is 24.2 Å². The number of likely N-dealkylation sites (tertiary alicyclic amines) is 1. The summed E-state index contributed by atoms with van der Waals surface area (Å²) in [7, 11) is 3.25. The molecular formula is C52H66N8O5S2. The van der Waals surface area contributed by atoms with Crippen molar-refractivity contribution in [2.24, 2.45) is 5.41 Å². The molecule has 0 aliphatic carbocycles. The van der Waals surface area contributed by atoms with E-state index < -0.39 is 18.2 Å². The van der Waals surface area contributed by atoms with Crippen molar-refractivity contribution in [3.63, 3.8) is 0 Å². The molecule has 2 amide bonds. The van der Waals surface area contributed by atoms with Crippen LogP contribution in [0, 0.1) is 19.3 Å². The molecule has 13 nitrogen and oxygen atoms in total. The number of aryl methyl sites for hydroxylation is 2. The van der Waals surface area contributed by atoms with Crippen LogP contribution in [0.2, 0.25) is 0 Å². The Labute approximate surface area is 403 Å². The van der Waals surface area contributed by atoms with E-state index >= 15 is 0 Å². The van der Waals surface area contributed by atoms with Gasteiger partial charge in [-0.3, -0.25) is 9.59 Å². The first kappa shape index (κ1) is 49.5. The molecule has 3 aromatic heterocycles. The van der Waals surface area contributed by atoms with Crippen LogP contribution in [0.5, 0.6) is 11.5 Å². The molecule has 1 fully saturated rings. The standard InChI is InChI=1S/C52H66N8O5S2/c1-32(57-49-41-25-44(64-7)45(65-8)26-42(41)58-34(3)59-49)46-23-38(30-66-46)40-16-12-11-15-37(40)28-53-21-13-9-10-14-22-54-48(52(4,5)6)51(63)60-29-39(61)24-43(60)50(62)55-27-35-17-19-36(20-18-35)47-33(2)56-31-67-47/h11-12,15-20,23,25-26,30-32,39,43,48,53-54,61H,9-10,13-14,21-22,24,27-29H2,1-8H3,(H,55,62)(H,57,58,59)/t32-,39-,43+,48-/m1/s1. The number of rotatable bonds is 21. The highest BCUT2D eigenvalue weighted by Gasteiger charge is 2.43. The average molecular weight is 947 g/mol. The van der Waals surface area contributed by atoms with E-state index in [1.807, 2.05) is 76.5 Å². The van der Waals surface area contributed by atoms with Crippen molar-refractivity contribution in [1.29, 1.82) is 0 Å². The summed E-state index contributed by atoms with van der Waals surface area (Å²) in [4.78, 5) is 45.3. The van der Waals surface area contributed by atoms with Crippen LogP contribution >= 0.6 is 22.7 Å². The minimum Gasteiger partial charge on any atom is -0.493 e. The summed E-state index contributed by atoms with van der Waals surface area (Å²) in [5.41, 5.74) is 8.97. The highest BCUT2D eigenvalue weighted by atomic mass is 32.1. The molecule has 6 aromatic rings. The van der Waals surface area contributed by atoms with Crippen molar-refractivity contribution in [2.75, 3.05) is 39.2 Å². The van der Waals surface area contributed by atoms with Gasteiger partial charge in [-0.25, -0.2) is 15.0 Å². The Hall–Kier alpha value is -5.45. The quantitative estimate of drug-likeness (QED) is 0.0438. The molecule has 7 rings (SSSR count). The number of aliphatic hydroxyl groups is 1. The first-order valence-corrected chi connectivity index (χ1v) is 25.0. The number of fused-ring (bicyclic) bond motifs is 1. The summed E-state index contributed by atoms with van der Waals surface area (Å²) in [5.74, 6) is 2.30. The number of nitrogens with one attached hydrogen (secondary N) is 4. The maximum Gasteiger partial charge on any atom is 0.243 e. The first-order valence-electron chi connectivity index (χ1n) is 23.3. The lowest BCUT2D eigenvalue weighted by Gasteiger charge is -2.35. The monoisotopic (exact) mass is 946 g/mol. The van der Waals surface area contributed by atoms with Gasteiger partial charge in [0.2, 0.25) is 11.8 Å². The van der Waals surface area contributed by atoms with E-state index in [9.17, 15) is 14.7 Å². The molecule has 0 bridgehead atoms. The average Bonchev–Trinajstić information content (AvgIpc) is 4.08. The molecule has 0 unspecified atom stereocenters. The highest BCUT2D eigenvalue weighted by Crippen LogP contribution is 2.37. The second-order valence-corrected chi connectivity index (χ2v) is 20.3. The predicted octanol–water partition coefficient (Wildman–Crippen LogP) is 9.22. The fourth-order valence-corrected chi connectivity index (χ4v) is 10.5. The molecule has 1 aliphatic heterocycles. The summed E-state index contributed by atoms with van der Waals surface area (Å²) in [6, 6.07) is 21.5. The summed E-state index contributed by atoms with van der Waals surface area (Å²) in [6.45, 7) is 15.0. The number of carbonyl (C=O) groups excluding carboxylic acids is 2. The zero-order valence-electron chi connectivity index (χ0n) is 40.1. The van der Waals surface area contributed by atoms with E-state index in [2.05, 4.69) is 73.9 Å². The van der Waals surface area contributed by atoms with Crippen LogP contribution in [-0.4, -0.2) is 88.8 Å². The van der Waals surface area contributed by atoms with Crippen LogP contribution in [0.4, 0.5) is 5.82 Å². The Morgan fingerprint density at radius 2 is 1.63 bits per heavy atom. The lowest BCUT2D eigenvalue weighted by Crippen LogP contribution is -2.56. The molecule has 3 aromatic carbocycles. The van der Waals surface area contributed by atoms with Gasteiger partial charge in [-0.2, -0.15) is 0 Å². The van der Waals surface area contributed by atoms with Gasteiger partial charge >= 0.3 is 0 Å². The first-order chi connectivity index (χ1) is 32.2. The number of amides is 2.